The van der Waals surface area contributed by atoms with Gasteiger partial charge in [0.2, 0.25) is 0 Å². The van der Waals surface area contributed by atoms with E-state index in [0.717, 1.165) is 23.7 Å². The minimum absolute atomic E-state index is 0.638. The van der Waals surface area contributed by atoms with Gasteiger partial charge >= 0.3 is 0 Å². The maximum absolute atomic E-state index is 5.54. The molecule has 1 aromatic heterocycles. The largest absolute Gasteiger partial charge is 0.496 e. The second-order valence-corrected chi connectivity index (χ2v) is 7.67. The number of pyridine rings is 1. The molecule has 3 atom stereocenters. The van der Waals surface area contributed by atoms with Crippen LogP contribution in [0.4, 0.5) is 0 Å². The van der Waals surface area contributed by atoms with Crippen molar-refractivity contribution in [2.24, 2.45) is 11.8 Å². The first-order chi connectivity index (χ1) is 10.1. The normalized spacial score (nSPS) is 25.9. The number of halogens is 1. The molecule has 1 aliphatic carbocycles. The van der Waals surface area contributed by atoms with E-state index in [2.05, 4.69) is 41.7 Å². The molecule has 1 fully saturated rings. The van der Waals surface area contributed by atoms with Gasteiger partial charge < -0.3 is 4.74 Å². The van der Waals surface area contributed by atoms with Crippen molar-refractivity contribution in [1.82, 2.24) is 4.98 Å². The van der Waals surface area contributed by atoms with Crippen molar-refractivity contribution in [2.75, 3.05) is 7.11 Å². The predicted octanol–water partition coefficient (Wildman–Crippen LogP) is 5.23. The molecule has 0 bridgehead atoms. The monoisotopic (exact) mass is 353 g/mol. The summed E-state index contributed by atoms with van der Waals surface area (Å²) in [4.78, 5) is 5.32. The van der Waals surface area contributed by atoms with Crippen LogP contribution in [0.15, 0.2) is 6.20 Å². The maximum atomic E-state index is 5.54. The minimum atomic E-state index is 0.638. The Labute approximate surface area is 137 Å². The van der Waals surface area contributed by atoms with Gasteiger partial charge in [-0.2, -0.15) is 0 Å². The number of alkyl halides is 1. The zero-order chi connectivity index (χ0) is 15.4. The van der Waals surface area contributed by atoms with E-state index in [9.17, 15) is 0 Å². The number of aromatic nitrogens is 1. The van der Waals surface area contributed by atoms with E-state index in [1.54, 1.807) is 7.11 Å². The molecule has 0 aliphatic heterocycles. The topological polar surface area (TPSA) is 22.1 Å². The molecule has 1 heterocycles. The summed E-state index contributed by atoms with van der Waals surface area (Å²) in [5.41, 5.74) is 3.56. The smallest absolute Gasteiger partial charge is 0.128 e. The molecule has 1 aliphatic rings. The third-order valence-electron chi connectivity index (χ3n) is 4.90. The van der Waals surface area contributed by atoms with E-state index in [1.807, 2.05) is 6.20 Å². The quantitative estimate of drug-likeness (QED) is 0.676. The van der Waals surface area contributed by atoms with Crippen LogP contribution in [-0.4, -0.2) is 16.9 Å². The maximum Gasteiger partial charge on any atom is 0.128 e. The Morgan fingerprint density at radius 2 is 2.10 bits per heavy atom. The predicted molar refractivity (Wildman–Crippen MR) is 92.4 cm³/mol. The van der Waals surface area contributed by atoms with Crippen molar-refractivity contribution in [3.05, 3.63) is 23.0 Å². The number of ether oxygens (including phenoxy) is 1. The summed E-state index contributed by atoms with van der Waals surface area (Å²) in [5, 5.41) is 0. The Morgan fingerprint density at radius 3 is 2.76 bits per heavy atom. The number of nitrogens with zero attached hydrogens (tertiary/aromatic N) is 1. The lowest BCUT2D eigenvalue weighted by molar-refractivity contribution is 0.261. The van der Waals surface area contributed by atoms with E-state index in [-0.39, 0.29) is 0 Å². The number of hydrogen-bond donors (Lipinski definition) is 0. The molecule has 0 amide bonds. The second-order valence-electron chi connectivity index (χ2n) is 6.49. The molecule has 1 aromatic rings. The lowest BCUT2D eigenvalue weighted by Gasteiger charge is -2.33. The first-order valence-electron chi connectivity index (χ1n) is 8.19. The van der Waals surface area contributed by atoms with Crippen molar-refractivity contribution >= 4 is 15.9 Å². The summed E-state index contributed by atoms with van der Waals surface area (Å²) >= 11 is 3.91. The molecular formula is C18H28BrNO. The first-order valence-corrected chi connectivity index (χ1v) is 9.11. The van der Waals surface area contributed by atoms with Gasteiger partial charge in [-0.3, -0.25) is 4.98 Å². The lowest BCUT2D eigenvalue weighted by atomic mass is 9.77. The van der Waals surface area contributed by atoms with Gasteiger partial charge in [0.25, 0.3) is 0 Å². The van der Waals surface area contributed by atoms with Gasteiger partial charge in [0.15, 0.2) is 0 Å². The third-order valence-corrected chi connectivity index (χ3v) is 6.11. The average molecular weight is 354 g/mol. The molecular weight excluding hydrogens is 326 g/mol. The van der Waals surface area contributed by atoms with Crippen molar-refractivity contribution in [3.8, 4) is 5.75 Å². The molecule has 0 N–H and O–H groups in total. The van der Waals surface area contributed by atoms with Crippen molar-refractivity contribution in [1.29, 1.82) is 0 Å². The van der Waals surface area contributed by atoms with Crippen LogP contribution in [0.2, 0.25) is 0 Å². The van der Waals surface area contributed by atoms with Gasteiger partial charge in [-0.05, 0) is 51.4 Å². The van der Waals surface area contributed by atoms with Crippen LogP contribution in [0.1, 0.15) is 55.8 Å². The van der Waals surface area contributed by atoms with Gasteiger partial charge in [-0.25, -0.2) is 0 Å². The van der Waals surface area contributed by atoms with Crippen molar-refractivity contribution in [2.45, 2.75) is 64.1 Å². The Hall–Kier alpha value is -0.570. The zero-order valence-corrected chi connectivity index (χ0v) is 15.4. The van der Waals surface area contributed by atoms with E-state index >= 15 is 0 Å². The molecule has 0 saturated heterocycles. The van der Waals surface area contributed by atoms with Gasteiger partial charge in [0, 0.05) is 27.8 Å². The molecule has 1 saturated carbocycles. The van der Waals surface area contributed by atoms with Crippen LogP contribution >= 0.6 is 15.9 Å². The van der Waals surface area contributed by atoms with Gasteiger partial charge in [0.05, 0.1) is 7.11 Å². The van der Waals surface area contributed by atoms with Crippen LogP contribution in [0.25, 0.3) is 0 Å². The van der Waals surface area contributed by atoms with E-state index in [1.165, 1.54) is 43.4 Å². The summed E-state index contributed by atoms with van der Waals surface area (Å²) in [6.45, 7) is 6.50. The fourth-order valence-corrected chi connectivity index (χ4v) is 4.40. The SMILES string of the molecule is CCCC1CCC(Br)C(Cc2ncc(C)c(OC)c2C)C1. The Bertz CT molecular complexity index is 475. The Balaban J connectivity index is 2.13. The highest BCUT2D eigenvalue weighted by Crippen LogP contribution is 2.38. The molecule has 0 aromatic carbocycles. The Morgan fingerprint density at radius 1 is 1.33 bits per heavy atom. The first kappa shape index (κ1) is 16.8. The van der Waals surface area contributed by atoms with Crippen LogP contribution in [-0.2, 0) is 6.42 Å². The fraction of sp³-hybridized carbons (Fsp3) is 0.722. The molecule has 21 heavy (non-hydrogen) atoms. The molecule has 118 valence electrons. The number of hydrogen-bond acceptors (Lipinski definition) is 2. The summed E-state index contributed by atoms with van der Waals surface area (Å²) in [5.74, 6) is 2.61. The average Bonchev–Trinajstić information content (AvgIpc) is 2.46. The number of rotatable bonds is 5. The Kier molecular flexibility index (Phi) is 6.09. The summed E-state index contributed by atoms with van der Waals surface area (Å²) in [7, 11) is 1.75. The fourth-order valence-electron chi connectivity index (χ4n) is 3.73. The van der Waals surface area contributed by atoms with E-state index in [0.29, 0.717) is 10.7 Å². The highest BCUT2D eigenvalue weighted by atomic mass is 79.9. The van der Waals surface area contributed by atoms with Gasteiger partial charge in [-0.1, -0.05) is 35.7 Å². The van der Waals surface area contributed by atoms with Gasteiger partial charge in [0.1, 0.15) is 5.75 Å². The standard InChI is InChI=1S/C18H28BrNO/c1-5-6-14-7-8-16(19)15(9-14)10-17-13(3)18(21-4)12(2)11-20-17/h11,14-16H,5-10H2,1-4H3. The van der Waals surface area contributed by atoms with E-state index in [4.69, 9.17) is 4.74 Å². The molecule has 2 nitrogen and oxygen atoms in total. The van der Waals surface area contributed by atoms with Crippen LogP contribution in [0.3, 0.4) is 0 Å². The zero-order valence-electron chi connectivity index (χ0n) is 13.8. The summed E-state index contributed by atoms with van der Waals surface area (Å²) in [6, 6.07) is 0. The van der Waals surface area contributed by atoms with Crippen molar-refractivity contribution in [3.63, 3.8) is 0 Å². The third kappa shape index (κ3) is 4.00. The highest BCUT2D eigenvalue weighted by molar-refractivity contribution is 9.09. The lowest BCUT2D eigenvalue weighted by Crippen LogP contribution is -2.27. The van der Waals surface area contributed by atoms with Crippen LogP contribution < -0.4 is 4.74 Å². The highest BCUT2D eigenvalue weighted by Gasteiger charge is 2.29. The second kappa shape index (κ2) is 7.62. The number of methoxy groups -OCH3 is 1. The van der Waals surface area contributed by atoms with Gasteiger partial charge in [-0.15, -0.1) is 0 Å². The van der Waals surface area contributed by atoms with Crippen molar-refractivity contribution < 1.29 is 4.74 Å². The van der Waals surface area contributed by atoms with Crippen LogP contribution in [0.5, 0.6) is 5.75 Å². The molecule has 3 heteroatoms. The summed E-state index contributed by atoms with van der Waals surface area (Å²) in [6.07, 6.45) is 9.72. The number of aryl methyl sites for hydroxylation is 1. The minimum Gasteiger partial charge on any atom is -0.496 e. The molecule has 0 radical (unpaired) electrons. The van der Waals surface area contributed by atoms with E-state index < -0.39 is 0 Å². The molecule has 3 unspecified atom stereocenters. The van der Waals surface area contributed by atoms with Crippen LogP contribution in [0, 0.1) is 25.7 Å². The summed E-state index contributed by atoms with van der Waals surface area (Å²) < 4.78 is 5.54. The molecule has 2 rings (SSSR count). The molecule has 0 spiro atoms.